The molecular formula is C28H33N3O3. The van der Waals surface area contributed by atoms with Crippen LogP contribution in [0.25, 0.3) is 10.9 Å². The number of hydrogen-bond acceptors (Lipinski definition) is 5. The van der Waals surface area contributed by atoms with Gasteiger partial charge in [0.1, 0.15) is 17.1 Å². The minimum atomic E-state index is -0.135. The Balaban J connectivity index is 1.19. The molecule has 3 aromatic rings. The highest BCUT2D eigenvalue weighted by molar-refractivity contribution is 5.86. The number of ether oxygens (including phenoxy) is 2. The summed E-state index contributed by atoms with van der Waals surface area (Å²) in [6.45, 7) is 3.31. The van der Waals surface area contributed by atoms with Crippen molar-refractivity contribution in [2.24, 2.45) is 5.92 Å². The highest BCUT2D eigenvalue weighted by Gasteiger charge is 2.21. The molecule has 1 unspecified atom stereocenters. The number of amides is 1. The Hall–Kier alpha value is -3.12. The van der Waals surface area contributed by atoms with Crippen LogP contribution in [0.2, 0.25) is 0 Å². The van der Waals surface area contributed by atoms with Gasteiger partial charge in [-0.3, -0.25) is 4.79 Å². The first-order valence-electron chi connectivity index (χ1n) is 12.4. The predicted molar refractivity (Wildman–Crippen MR) is 134 cm³/mol. The summed E-state index contributed by atoms with van der Waals surface area (Å²) in [5.41, 5.74) is 2.23. The van der Waals surface area contributed by atoms with Gasteiger partial charge in [0.25, 0.3) is 5.91 Å². The minimum Gasteiger partial charge on any atom is -0.481 e. The van der Waals surface area contributed by atoms with E-state index in [0.29, 0.717) is 18.2 Å². The third kappa shape index (κ3) is 5.68. The third-order valence-corrected chi connectivity index (χ3v) is 6.88. The molecule has 0 aliphatic carbocycles. The van der Waals surface area contributed by atoms with Crippen molar-refractivity contribution < 1.29 is 14.3 Å². The molecule has 0 radical (unpaired) electrons. The van der Waals surface area contributed by atoms with E-state index < -0.39 is 0 Å². The number of nitrogens with zero attached hydrogens (tertiary/aromatic N) is 2. The van der Waals surface area contributed by atoms with Crippen LogP contribution in [0.1, 0.15) is 31.2 Å². The molecule has 0 saturated carbocycles. The summed E-state index contributed by atoms with van der Waals surface area (Å²) in [4.78, 5) is 19.6. The van der Waals surface area contributed by atoms with Gasteiger partial charge in [-0.05, 0) is 61.8 Å². The Kier molecular flexibility index (Phi) is 7.25. The number of rotatable bonds is 8. The average molecular weight is 460 g/mol. The van der Waals surface area contributed by atoms with Crippen molar-refractivity contribution in [3.05, 3.63) is 66.2 Å². The molecule has 0 bridgehead atoms. The minimum absolute atomic E-state index is 0.0252. The van der Waals surface area contributed by atoms with E-state index in [0.717, 1.165) is 68.5 Å². The lowest BCUT2D eigenvalue weighted by Gasteiger charge is -2.33. The molecule has 2 aliphatic rings. The van der Waals surface area contributed by atoms with Crippen LogP contribution >= 0.6 is 0 Å². The number of hydrogen-bond donors (Lipinski definition) is 1. The molecular weight excluding hydrogens is 426 g/mol. The van der Waals surface area contributed by atoms with E-state index in [1.807, 2.05) is 18.2 Å². The number of aromatic nitrogens is 1. The second-order valence-corrected chi connectivity index (χ2v) is 9.35. The van der Waals surface area contributed by atoms with Crippen LogP contribution in [0.15, 0.2) is 60.7 Å². The van der Waals surface area contributed by atoms with Crippen LogP contribution in [0.5, 0.6) is 5.75 Å². The molecule has 2 saturated heterocycles. The SMILES string of the molecule is O=C(COc1cccc2ccc(N3CCC(Cc4ccccc4)CC3)nc12)NCC1CCCO1. The third-order valence-electron chi connectivity index (χ3n) is 6.88. The second-order valence-electron chi connectivity index (χ2n) is 9.35. The van der Waals surface area contributed by atoms with Crippen LogP contribution in [-0.2, 0) is 16.0 Å². The Labute approximate surface area is 201 Å². The Morgan fingerprint density at radius 3 is 2.68 bits per heavy atom. The summed E-state index contributed by atoms with van der Waals surface area (Å²) in [5, 5.41) is 3.92. The topological polar surface area (TPSA) is 63.7 Å². The first kappa shape index (κ1) is 22.7. The Bertz CT molecular complexity index is 1090. The summed E-state index contributed by atoms with van der Waals surface area (Å²) in [6.07, 6.45) is 5.66. The predicted octanol–water partition coefficient (Wildman–Crippen LogP) is 4.37. The first-order chi connectivity index (χ1) is 16.7. The second kappa shape index (κ2) is 10.9. The van der Waals surface area contributed by atoms with E-state index in [1.165, 1.54) is 5.56 Å². The van der Waals surface area contributed by atoms with Gasteiger partial charge < -0.3 is 19.7 Å². The summed E-state index contributed by atoms with van der Waals surface area (Å²) < 4.78 is 11.4. The lowest BCUT2D eigenvalue weighted by atomic mass is 9.90. The number of anilines is 1. The van der Waals surface area contributed by atoms with E-state index in [-0.39, 0.29) is 18.6 Å². The van der Waals surface area contributed by atoms with Gasteiger partial charge in [-0.15, -0.1) is 0 Å². The average Bonchev–Trinajstić information content (AvgIpc) is 3.41. The number of nitrogens with one attached hydrogen (secondary N) is 1. The van der Waals surface area contributed by atoms with Crippen molar-refractivity contribution in [3.8, 4) is 5.75 Å². The molecule has 1 amide bonds. The smallest absolute Gasteiger partial charge is 0.258 e. The van der Waals surface area contributed by atoms with Gasteiger partial charge in [0.15, 0.2) is 6.61 Å². The molecule has 5 rings (SSSR count). The van der Waals surface area contributed by atoms with Gasteiger partial charge in [0.05, 0.1) is 6.10 Å². The normalized spacial score (nSPS) is 18.8. The molecule has 1 aromatic heterocycles. The van der Waals surface area contributed by atoms with Crippen LogP contribution in [-0.4, -0.2) is 49.8 Å². The van der Waals surface area contributed by atoms with Crippen LogP contribution in [0.3, 0.4) is 0 Å². The molecule has 2 aromatic carbocycles. The summed E-state index contributed by atoms with van der Waals surface area (Å²) >= 11 is 0. The standard InChI is InChI=1S/C28H33N3O3/c32-27(29-19-24-9-5-17-33-24)20-34-25-10-4-8-23-11-12-26(30-28(23)25)31-15-13-22(14-16-31)18-21-6-2-1-3-7-21/h1-4,6-8,10-12,22,24H,5,9,13-20H2,(H,29,32). The fourth-order valence-electron chi connectivity index (χ4n) is 4.94. The molecule has 2 fully saturated rings. The van der Waals surface area contributed by atoms with E-state index in [2.05, 4.69) is 52.7 Å². The summed E-state index contributed by atoms with van der Waals surface area (Å²) in [5.74, 6) is 2.20. The Morgan fingerprint density at radius 2 is 1.88 bits per heavy atom. The Morgan fingerprint density at radius 1 is 1.03 bits per heavy atom. The van der Waals surface area contributed by atoms with E-state index in [4.69, 9.17) is 14.5 Å². The molecule has 3 heterocycles. The van der Waals surface area contributed by atoms with E-state index >= 15 is 0 Å². The van der Waals surface area contributed by atoms with Crippen LogP contribution in [0.4, 0.5) is 5.82 Å². The van der Waals surface area contributed by atoms with E-state index in [1.54, 1.807) is 0 Å². The zero-order valence-electron chi connectivity index (χ0n) is 19.6. The monoisotopic (exact) mass is 459 g/mol. The van der Waals surface area contributed by atoms with Gasteiger partial charge in [-0.2, -0.15) is 0 Å². The molecule has 6 heteroatoms. The molecule has 178 valence electrons. The molecule has 0 spiro atoms. The molecule has 6 nitrogen and oxygen atoms in total. The number of fused-ring (bicyclic) bond motifs is 1. The number of para-hydroxylation sites is 1. The van der Waals surface area contributed by atoms with Gasteiger partial charge in [-0.1, -0.05) is 42.5 Å². The van der Waals surface area contributed by atoms with Crippen molar-refractivity contribution in [2.75, 3.05) is 37.7 Å². The summed E-state index contributed by atoms with van der Waals surface area (Å²) in [6, 6.07) is 20.8. The number of piperidine rings is 1. The molecule has 2 aliphatic heterocycles. The zero-order chi connectivity index (χ0) is 23.2. The van der Waals surface area contributed by atoms with E-state index in [9.17, 15) is 4.79 Å². The highest BCUT2D eigenvalue weighted by Crippen LogP contribution is 2.29. The fourth-order valence-corrected chi connectivity index (χ4v) is 4.94. The maximum absolute atomic E-state index is 12.3. The van der Waals surface area contributed by atoms with Gasteiger partial charge in [0, 0.05) is 31.6 Å². The zero-order valence-corrected chi connectivity index (χ0v) is 19.6. The molecule has 1 atom stereocenters. The number of pyridine rings is 1. The van der Waals surface area contributed by atoms with Crippen molar-refractivity contribution in [1.82, 2.24) is 10.3 Å². The van der Waals surface area contributed by atoms with Crippen molar-refractivity contribution in [2.45, 2.75) is 38.2 Å². The number of benzene rings is 2. The van der Waals surface area contributed by atoms with Crippen LogP contribution < -0.4 is 15.0 Å². The quantitative estimate of drug-likeness (QED) is 0.542. The highest BCUT2D eigenvalue weighted by atomic mass is 16.5. The molecule has 1 N–H and O–H groups in total. The molecule has 34 heavy (non-hydrogen) atoms. The van der Waals surface area contributed by atoms with Crippen LogP contribution in [0, 0.1) is 5.92 Å². The number of carbonyl (C=O) groups excluding carboxylic acids is 1. The maximum Gasteiger partial charge on any atom is 0.258 e. The lowest BCUT2D eigenvalue weighted by Crippen LogP contribution is -2.35. The largest absolute Gasteiger partial charge is 0.481 e. The van der Waals surface area contributed by atoms with Crippen molar-refractivity contribution in [3.63, 3.8) is 0 Å². The first-order valence-corrected chi connectivity index (χ1v) is 12.4. The van der Waals surface area contributed by atoms with Crippen molar-refractivity contribution in [1.29, 1.82) is 0 Å². The maximum atomic E-state index is 12.3. The fraction of sp³-hybridized carbons (Fsp3) is 0.429. The van der Waals surface area contributed by atoms with Gasteiger partial charge in [-0.25, -0.2) is 4.98 Å². The van der Waals surface area contributed by atoms with Crippen molar-refractivity contribution >= 4 is 22.6 Å². The van der Waals surface area contributed by atoms with Gasteiger partial charge in [0.2, 0.25) is 0 Å². The lowest BCUT2D eigenvalue weighted by molar-refractivity contribution is -0.123. The number of carbonyl (C=O) groups is 1. The summed E-state index contributed by atoms with van der Waals surface area (Å²) in [7, 11) is 0. The van der Waals surface area contributed by atoms with Gasteiger partial charge >= 0.3 is 0 Å².